The van der Waals surface area contributed by atoms with E-state index in [1.54, 1.807) is 19.1 Å². The maximum Gasteiger partial charge on any atom is 0.265 e. The third-order valence-corrected chi connectivity index (χ3v) is 4.05. The van der Waals surface area contributed by atoms with Crippen LogP contribution in [0.2, 0.25) is 0 Å². The molecule has 1 aromatic carbocycles. The zero-order valence-corrected chi connectivity index (χ0v) is 10.9. The molecule has 0 unspecified atom stereocenters. The molecule has 0 saturated heterocycles. The number of aromatic nitrogens is 1. The highest BCUT2D eigenvalue weighted by molar-refractivity contribution is 7.93. The molecule has 5 nitrogen and oxygen atoms in total. The number of nitrogen functional groups attached to an aromatic ring is 1. The minimum absolute atomic E-state index is 0.00104. The Bertz CT molecular complexity index is 679. The average molecular weight is 281 g/mol. The van der Waals surface area contributed by atoms with Gasteiger partial charge in [0.05, 0.1) is 11.9 Å². The van der Waals surface area contributed by atoms with Crippen molar-refractivity contribution in [2.24, 2.45) is 0 Å². The van der Waals surface area contributed by atoms with Gasteiger partial charge in [0, 0.05) is 0 Å². The highest BCUT2D eigenvalue weighted by Crippen LogP contribution is 2.24. The summed E-state index contributed by atoms with van der Waals surface area (Å²) in [5.74, 6) is -0.512. The maximum atomic E-state index is 12.7. The van der Waals surface area contributed by atoms with Gasteiger partial charge >= 0.3 is 0 Å². The van der Waals surface area contributed by atoms with Gasteiger partial charge in [0.25, 0.3) is 10.0 Å². The average Bonchev–Trinajstić information content (AvgIpc) is 2.31. The highest BCUT2D eigenvalue weighted by Gasteiger charge is 2.20. The first-order valence-electron chi connectivity index (χ1n) is 5.39. The fraction of sp³-hybridized carbons (Fsp3) is 0.0833. The Labute approximate surface area is 110 Å². The second-order valence-electron chi connectivity index (χ2n) is 3.96. The van der Waals surface area contributed by atoms with E-state index in [1.165, 1.54) is 12.1 Å². The van der Waals surface area contributed by atoms with Gasteiger partial charge in [0.15, 0.2) is 0 Å². The summed E-state index contributed by atoms with van der Waals surface area (Å²) in [7, 11) is -3.85. The molecule has 1 aromatic heterocycles. The Balaban J connectivity index is 2.41. The molecule has 0 saturated carbocycles. The summed E-state index contributed by atoms with van der Waals surface area (Å²) >= 11 is 0. The van der Waals surface area contributed by atoms with Gasteiger partial charge < -0.3 is 5.73 Å². The number of nitrogens with zero attached hydrogens (tertiary/aromatic N) is 1. The molecule has 0 aliphatic carbocycles. The molecule has 0 amide bonds. The van der Waals surface area contributed by atoms with Crippen LogP contribution in [0.3, 0.4) is 0 Å². The van der Waals surface area contributed by atoms with E-state index in [1.807, 2.05) is 0 Å². The molecule has 0 radical (unpaired) electrons. The number of anilines is 2. The number of rotatable bonds is 3. The van der Waals surface area contributed by atoms with Crippen molar-refractivity contribution in [1.29, 1.82) is 0 Å². The molecule has 100 valence electrons. The van der Waals surface area contributed by atoms with Crippen LogP contribution in [-0.4, -0.2) is 13.4 Å². The standard InChI is InChI=1S/C12H12FN3O2S/c1-8-3-2-4-10(14)12(8)19(17,18)16-11-6-5-9(13)7-15-11/h2-7H,14H2,1H3,(H,15,16). The van der Waals surface area contributed by atoms with E-state index in [0.717, 1.165) is 12.3 Å². The number of nitrogens with two attached hydrogens (primary N) is 1. The molecule has 19 heavy (non-hydrogen) atoms. The normalized spacial score (nSPS) is 11.3. The summed E-state index contributed by atoms with van der Waals surface area (Å²) in [6, 6.07) is 7.16. The third-order valence-electron chi connectivity index (χ3n) is 2.48. The predicted octanol–water partition coefficient (Wildman–Crippen LogP) is 1.91. The Hall–Kier alpha value is -2.15. The van der Waals surface area contributed by atoms with Crippen LogP contribution in [0.5, 0.6) is 0 Å². The lowest BCUT2D eigenvalue weighted by atomic mass is 10.2. The van der Waals surface area contributed by atoms with E-state index in [4.69, 9.17) is 5.73 Å². The van der Waals surface area contributed by atoms with Gasteiger partial charge in [-0.2, -0.15) is 0 Å². The molecule has 2 rings (SSSR count). The van der Waals surface area contributed by atoms with Crippen LogP contribution in [0.15, 0.2) is 41.4 Å². The molecular formula is C12H12FN3O2S. The zero-order chi connectivity index (χ0) is 14.0. The topological polar surface area (TPSA) is 85.1 Å². The lowest BCUT2D eigenvalue weighted by molar-refractivity contribution is 0.600. The molecule has 3 N–H and O–H groups in total. The molecule has 0 fully saturated rings. The number of nitrogens with one attached hydrogen (secondary N) is 1. The van der Waals surface area contributed by atoms with E-state index < -0.39 is 15.8 Å². The van der Waals surface area contributed by atoms with Gasteiger partial charge in [-0.3, -0.25) is 4.72 Å². The summed E-state index contributed by atoms with van der Waals surface area (Å²) < 4.78 is 39.4. The zero-order valence-electron chi connectivity index (χ0n) is 10.1. The summed E-state index contributed by atoms with van der Waals surface area (Å²) in [4.78, 5) is 3.64. The smallest absolute Gasteiger partial charge is 0.265 e. The van der Waals surface area contributed by atoms with Gasteiger partial charge in [-0.15, -0.1) is 0 Å². The monoisotopic (exact) mass is 281 g/mol. The van der Waals surface area contributed by atoms with E-state index in [2.05, 4.69) is 9.71 Å². The van der Waals surface area contributed by atoms with Gasteiger partial charge in [-0.25, -0.2) is 17.8 Å². The second-order valence-corrected chi connectivity index (χ2v) is 5.58. The lowest BCUT2D eigenvalue weighted by Crippen LogP contribution is -2.16. The molecule has 0 aliphatic rings. The summed E-state index contributed by atoms with van der Waals surface area (Å²) in [5, 5.41) is 0. The van der Waals surface area contributed by atoms with Crippen molar-refractivity contribution in [2.45, 2.75) is 11.8 Å². The molecule has 2 aromatic rings. The molecule has 1 heterocycles. The first-order valence-corrected chi connectivity index (χ1v) is 6.88. The number of benzene rings is 1. The van der Waals surface area contributed by atoms with Crippen LogP contribution < -0.4 is 10.5 Å². The van der Waals surface area contributed by atoms with Gasteiger partial charge in [0.2, 0.25) is 0 Å². The number of hydrogen-bond acceptors (Lipinski definition) is 4. The van der Waals surface area contributed by atoms with Crippen molar-refractivity contribution in [3.8, 4) is 0 Å². The van der Waals surface area contributed by atoms with Crippen molar-refractivity contribution in [3.63, 3.8) is 0 Å². The maximum absolute atomic E-state index is 12.7. The fourth-order valence-electron chi connectivity index (χ4n) is 1.67. The molecule has 7 heteroatoms. The van der Waals surface area contributed by atoms with Crippen molar-refractivity contribution in [1.82, 2.24) is 4.98 Å². The van der Waals surface area contributed by atoms with Crippen LogP contribution in [0.1, 0.15) is 5.56 Å². The number of halogens is 1. The summed E-state index contributed by atoms with van der Waals surface area (Å²) in [6.07, 6.45) is 0.930. The van der Waals surface area contributed by atoms with Crippen molar-refractivity contribution in [3.05, 3.63) is 47.9 Å². The number of aryl methyl sites for hydroxylation is 1. The first-order chi connectivity index (χ1) is 8.90. The molecule has 0 atom stereocenters. The molecular weight excluding hydrogens is 269 g/mol. The largest absolute Gasteiger partial charge is 0.398 e. The van der Waals surface area contributed by atoms with Gasteiger partial charge in [-0.05, 0) is 30.7 Å². The fourth-order valence-corrected chi connectivity index (χ4v) is 3.04. The summed E-state index contributed by atoms with van der Waals surface area (Å²) in [6.45, 7) is 1.64. The van der Waals surface area contributed by atoms with Crippen LogP contribution in [0.25, 0.3) is 0 Å². The van der Waals surface area contributed by atoms with Gasteiger partial charge in [0.1, 0.15) is 16.5 Å². The Morgan fingerprint density at radius 2 is 2.00 bits per heavy atom. The Morgan fingerprint density at radius 1 is 1.26 bits per heavy atom. The molecule has 0 aliphatic heterocycles. The lowest BCUT2D eigenvalue weighted by Gasteiger charge is -2.11. The third kappa shape index (κ3) is 2.82. The molecule has 0 bridgehead atoms. The van der Waals surface area contributed by atoms with Crippen molar-refractivity contribution in [2.75, 3.05) is 10.5 Å². The van der Waals surface area contributed by atoms with E-state index in [-0.39, 0.29) is 16.4 Å². The van der Waals surface area contributed by atoms with Crippen LogP contribution in [0.4, 0.5) is 15.9 Å². The Morgan fingerprint density at radius 3 is 2.58 bits per heavy atom. The number of pyridine rings is 1. The molecule has 0 spiro atoms. The van der Waals surface area contributed by atoms with E-state index in [9.17, 15) is 12.8 Å². The van der Waals surface area contributed by atoms with Crippen LogP contribution in [0, 0.1) is 12.7 Å². The van der Waals surface area contributed by atoms with Crippen molar-refractivity contribution < 1.29 is 12.8 Å². The predicted molar refractivity (Wildman–Crippen MR) is 70.6 cm³/mol. The van der Waals surface area contributed by atoms with Crippen LogP contribution in [-0.2, 0) is 10.0 Å². The van der Waals surface area contributed by atoms with E-state index >= 15 is 0 Å². The number of hydrogen-bond donors (Lipinski definition) is 2. The van der Waals surface area contributed by atoms with Gasteiger partial charge in [-0.1, -0.05) is 12.1 Å². The minimum Gasteiger partial charge on any atom is -0.398 e. The highest BCUT2D eigenvalue weighted by atomic mass is 32.2. The van der Waals surface area contributed by atoms with Crippen molar-refractivity contribution >= 4 is 21.5 Å². The van der Waals surface area contributed by atoms with E-state index in [0.29, 0.717) is 5.56 Å². The minimum atomic E-state index is -3.85. The quantitative estimate of drug-likeness (QED) is 0.842. The Kier molecular flexibility index (Phi) is 3.39. The second kappa shape index (κ2) is 4.85. The first kappa shape index (κ1) is 13.3. The number of sulfonamides is 1. The van der Waals surface area contributed by atoms with Crippen LogP contribution >= 0.6 is 0 Å². The summed E-state index contributed by atoms with van der Waals surface area (Å²) in [5.41, 5.74) is 6.36. The SMILES string of the molecule is Cc1cccc(N)c1S(=O)(=O)Nc1ccc(F)cn1.